The molecule has 1 atom stereocenters. The second kappa shape index (κ2) is 3.08. The highest BCUT2D eigenvalue weighted by molar-refractivity contribution is 5.11. The first-order valence-corrected chi connectivity index (χ1v) is 3.77. The molecule has 2 rings (SSSR count). The van der Waals surface area contributed by atoms with Gasteiger partial charge in [-0.2, -0.15) is 4.98 Å². The maximum absolute atomic E-state index is 5.36. The minimum absolute atomic E-state index is 0.149. The van der Waals surface area contributed by atoms with Crippen LogP contribution >= 0.6 is 0 Å². The van der Waals surface area contributed by atoms with Crippen molar-refractivity contribution in [3.63, 3.8) is 0 Å². The highest BCUT2D eigenvalue weighted by Gasteiger charge is 2.21. The molecule has 66 valence electrons. The maximum Gasteiger partial charge on any atom is 0.260 e. The van der Waals surface area contributed by atoms with Crippen LogP contribution in [0.15, 0.2) is 4.52 Å². The summed E-state index contributed by atoms with van der Waals surface area (Å²) in [6, 6.07) is 0. The van der Waals surface area contributed by atoms with Crippen molar-refractivity contribution in [1.82, 2.24) is 15.5 Å². The molecule has 0 radical (unpaired) electrons. The third-order valence-corrected chi connectivity index (χ3v) is 1.66. The van der Waals surface area contributed by atoms with Gasteiger partial charge in [-0.05, 0) is 5.16 Å². The zero-order chi connectivity index (χ0) is 8.39. The van der Waals surface area contributed by atoms with Gasteiger partial charge in [0.25, 0.3) is 11.8 Å². The Balaban J connectivity index is 2.08. The lowest BCUT2D eigenvalue weighted by Crippen LogP contribution is -2.33. The number of ether oxygens (including phenoxy) is 1. The van der Waals surface area contributed by atoms with Crippen molar-refractivity contribution in [2.75, 3.05) is 25.4 Å². The van der Waals surface area contributed by atoms with E-state index in [2.05, 4.69) is 15.5 Å². The summed E-state index contributed by atoms with van der Waals surface area (Å²) in [6.45, 7) is 2.22. The topological polar surface area (TPSA) is 86.2 Å². The molecule has 0 amide bonds. The highest BCUT2D eigenvalue weighted by atomic mass is 16.5. The first kappa shape index (κ1) is 7.51. The van der Waals surface area contributed by atoms with Gasteiger partial charge in [0.2, 0.25) is 0 Å². The SMILES string of the molecule is Nc1noc(C2CNCCO2)n1. The normalized spacial score (nSPS) is 24.2. The molecule has 3 N–H and O–H groups in total. The molecule has 0 aliphatic carbocycles. The predicted octanol–water partition coefficient (Wildman–Crippen LogP) is -0.687. The van der Waals surface area contributed by atoms with Crippen molar-refractivity contribution >= 4 is 5.95 Å². The van der Waals surface area contributed by atoms with Crippen LogP contribution in [0.25, 0.3) is 0 Å². The lowest BCUT2D eigenvalue weighted by atomic mass is 10.3. The Bertz CT molecular complexity index is 256. The van der Waals surface area contributed by atoms with E-state index in [0.29, 0.717) is 19.0 Å². The Kier molecular flexibility index (Phi) is 1.92. The largest absolute Gasteiger partial charge is 0.366 e. The number of hydrogen-bond donors (Lipinski definition) is 2. The van der Waals surface area contributed by atoms with E-state index in [-0.39, 0.29) is 12.1 Å². The standard InChI is InChI=1S/C6H10N4O2/c7-6-9-5(12-10-6)4-3-8-1-2-11-4/h4,8H,1-3H2,(H2,7,10). The number of anilines is 1. The molecule has 0 aromatic carbocycles. The summed E-state index contributed by atoms with van der Waals surface area (Å²) >= 11 is 0. The van der Waals surface area contributed by atoms with Gasteiger partial charge in [0.05, 0.1) is 6.61 Å². The van der Waals surface area contributed by atoms with Crippen LogP contribution in [0.2, 0.25) is 0 Å². The average molecular weight is 170 g/mol. The Labute approximate surface area is 69.1 Å². The Morgan fingerprint density at radius 1 is 1.58 bits per heavy atom. The molecule has 2 heterocycles. The van der Waals surface area contributed by atoms with Gasteiger partial charge in [0.15, 0.2) is 0 Å². The zero-order valence-electron chi connectivity index (χ0n) is 6.49. The van der Waals surface area contributed by atoms with E-state index >= 15 is 0 Å². The first-order chi connectivity index (χ1) is 5.86. The molecular weight excluding hydrogens is 160 g/mol. The fourth-order valence-corrected chi connectivity index (χ4v) is 1.10. The first-order valence-electron chi connectivity index (χ1n) is 3.77. The molecule has 12 heavy (non-hydrogen) atoms. The number of rotatable bonds is 1. The fraction of sp³-hybridized carbons (Fsp3) is 0.667. The van der Waals surface area contributed by atoms with Crippen molar-refractivity contribution in [2.24, 2.45) is 0 Å². The van der Waals surface area contributed by atoms with Gasteiger partial charge in [-0.25, -0.2) is 0 Å². The summed E-state index contributed by atoms with van der Waals surface area (Å²) in [5.74, 6) is 0.596. The van der Waals surface area contributed by atoms with Crippen LogP contribution in [0, 0.1) is 0 Å². The van der Waals surface area contributed by atoms with Gasteiger partial charge < -0.3 is 20.3 Å². The Hall–Kier alpha value is -1.14. The molecule has 1 unspecified atom stereocenters. The Morgan fingerprint density at radius 3 is 3.08 bits per heavy atom. The number of morpholine rings is 1. The summed E-state index contributed by atoms with van der Waals surface area (Å²) in [6.07, 6.45) is -0.149. The van der Waals surface area contributed by atoms with Crippen LogP contribution in [0.3, 0.4) is 0 Å². The van der Waals surface area contributed by atoms with Gasteiger partial charge in [0.1, 0.15) is 6.10 Å². The second-order valence-corrected chi connectivity index (χ2v) is 2.55. The van der Waals surface area contributed by atoms with E-state index in [0.717, 1.165) is 6.54 Å². The lowest BCUT2D eigenvalue weighted by molar-refractivity contribution is 0.00755. The second-order valence-electron chi connectivity index (χ2n) is 2.55. The molecule has 1 fully saturated rings. The molecule has 1 saturated heterocycles. The molecule has 0 saturated carbocycles. The van der Waals surface area contributed by atoms with Crippen molar-refractivity contribution in [3.8, 4) is 0 Å². The summed E-state index contributed by atoms with van der Waals surface area (Å²) in [5.41, 5.74) is 5.29. The van der Waals surface area contributed by atoms with Gasteiger partial charge in [0, 0.05) is 13.1 Å². The molecular formula is C6H10N4O2. The summed E-state index contributed by atoms with van der Waals surface area (Å²) in [4.78, 5) is 3.87. The van der Waals surface area contributed by atoms with E-state index < -0.39 is 0 Å². The van der Waals surface area contributed by atoms with Crippen LogP contribution in [-0.4, -0.2) is 29.8 Å². The maximum atomic E-state index is 5.36. The molecule has 0 bridgehead atoms. The molecule has 6 heteroatoms. The number of hydrogen-bond acceptors (Lipinski definition) is 6. The monoisotopic (exact) mass is 170 g/mol. The number of aromatic nitrogens is 2. The summed E-state index contributed by atoms with van der Waals surface area (Å²) in [7, 11) is 0. The number of nitrogen functional groups attached to an aromatic ring is 1. The highest BCUT2D eigenvalue weighted by Crippen LogP contribution is 2.16. The van der Waals surface area contributed by atoms with Gasteiger partial charge in [-0.3, -0.25) is 0 Å². The van der Waals surface area contributed by atoms with Crippen molar-refractivity contribution in [1.29, 1.82) is 0 Å². The van der Waals surface area contributed by atoms with E-state index in [9.17, 15) is 0 Å². The zero-order valence-corrected chi connectivity index (χ0v) is 6.49. The van der Waals surface area contributed by atoms with Gasteiger partial charge in [-0.15, -0.1) is 0 Å². The van der Waals surface area contributed by atoms with Crippen LogP contribution in [-0.2, 0) is 4.74 Å². The molecule has 1 aliphatic heterocycles. The van der Waals surface area contributed by atoms with E-state index in [4.69, 9.17) is 15.0 Å². The molecule has 6 nitrogen and oxygen atoms in total. The smallest absolute Gasteiger partial charge is 0.260 e. The van der Waals surface area contributed by atoms with Crippen LogP contribution in [0.5, 0.6) is 0 Å². The quantitative estimate of drug-likeness (QED) is 0.580. The van der Waals surface area contributed by atoms with Crippen molar-refractivity contribution in [2.45, 2.75) is 6.10 Å². The van der Waals surface area contributed by atoms with Gasteiger partial charge in [-0.1, -0.05) is 0 Å². The third kappa shape index (κ3) is 1.39. The van der Waals surface area contributed by atoms with Crippen molar-refractivity contribution < 1.29 is 9.26 Å². The molecule has 0 spiro atoms. The molecule has 1 aromatic rings. The number of nitrogens with one attached hydrogen (secondary N) is 1. The lowest BCUT2D eigenvalue weighted by Gasteiger charge is -2.19. The van der Waals surface area contributed by atoms with Crippen LogP contribution in [0.4, 0.5) is 5.95 Å². The molecule has 1 aromatic heterocycles. The summed E-state index contributed by atoms with van der Waals surface area (Å²) < 4.78 is 10.2. The third-order valence-electron chi connectivity index (χ3n) is 1.66. The number of nitrogens with zero attached hydrogens (tertiary/aromatic N) is 2. The average Bonchev–Trinajstić information content (AvgIpc) is 2.54. The van der Waals surface area contributed by atoms with Crippen LogP contribution < -0.4 is 11.1 Å². The van der Waals surface area contributed by atoms with E-state index in [1.165, 1.54) is 0 Å². The Morgan fingerprint density at radius 2 is 2.50 bits per heavy atom. The van der Waals surface area contributed by atoms with Crippen LogP contribution in [0.1, 0.15) is 12.0 Å². The predicted molar refractivity (Wildman–Crippen MR) is 40.3 cm³/mol. The number of nitrogens with two attached hydrogens (primary N) is 1. The minimum Gasteiger partial charge on any atom is -0.366 e. The van der Waals surface area contributed by atoms with E-state index in [1.54, 1.807) is 0 Å². The summed E-state index contributed by atoms with van der Waals surface area (Å²) in [5, 5.41) is 6.62. The minimum atomic E-state index is -0.149. The van der Waals surface area contributed by atoms with Gasteiger partial charge >= 0.3 is 0 Å². The van der Waals surface area contributed by atoms with E-state index in [1.807, 2.05) is 0 Å². The van der Waals surface area contributed by atoms with Crippen molar-refractivity contribution in [3.05, 3.63) is 5.89 Å². The molecule has 1 aliphatic rings. The fourth-order valence-electron chi connectivity index (χ4n) is 1.10.